The molecule has 1 aliphatic carbocycles. The van der Waals surface area contributed by atoms with Crippen LogP contribution in [0.3, 0.4) is 0 Å². The number of aliphatic hydroxyl groups excluding tert-OH is 1. The van der Waals surface area contributed by atoms with E-state index >= 15 is 0 Å². The molecule has 1 fully saturated rings. The summed E-state index contributed by atoms with van der Waals surface area (Å²) in [7, 11) is 0. The zero-order valence-electron chi connectivity index (χ0n) is 12.2. The van der Waals surface area contributed by atoms with Crippen LogP contribution in [0.1, 0.15) is 18.5 Å². The molecule has 3 rings (SSSR count). The zero-order chi connectivity index (χ0) is 16.4. The van der Waals surface area contributed by atoms with E-state index in [0.717, 1.165) is 18.9 Å². The number of pyridine rings is 1. The van der Waals surface area contributed by atoms with E-state index < -0.39 is 11.9 Å². The summed E-state index contributed by atoms with van der Waals surface area (Å²) in [4.78, 5) is 13.5. The summed E-state index contributed by atoms with van der Waals surface area (Å²) in [6.07, 6.45) is 0.163. The Hall–Kier alpha value is -2.22. The van der Waals surface area contributed by atoms with E-state index in [1.54, 1.807) is 17.0 Å². The topological polar surface area (TPSA) is 62.1 Å². The number of hydrogen-bond acceptors (Lipinski definition) is 5. The second kappa shape index (κ2) is 6.11. The quantitative estimate of drug-likeness (QED) is 0.916. The lowest BCUT2D eigenvalue weighted by molar-refractivity contribution is -0.141. The lowest BCUT2D eigenvalue weighted by Gasteiger charge is -2.23. The second-order valence-corrected chi connectivity index (χ2v) is 5.32. The van der Waals surface area contributed by atoms with E-state index in [4.69, 9.17) is 0 Å². The number of nitrogens with zero attached hydrogens (tertiary/aromatic N) is 4. The summed E-state index contributed by atoms with van der Waals surface area (Å²) >= 11 is 0. The highest BCUT2D eigenvalue weighted by atomic mass is 19.4. The van der Waals surface area contributed by atoms with Crippen LogP contribution in [0, 0.1) is 0 Å². The SMILES string of the molecule is OCCN(c1cc(C(F)(F)F)nc(-c2ccncc2)n1)C1CC1. The molecule has 1 N–H and O–H groups in total. The number of rotatable bonds is 5. The van der Waals surface area contributed by atoms with Gasteiger partial charge in [0.2, 0.25) is 0 Å². The molecule has 2 heterocycles. The molecular formula is C15H15F3N4O. The van der Waals surface area contributed by atoms with Crippen LogP contribution in [0.5, 0.6) is 0 Å². The smallest absolute Gasteiger partial charge is 0.395 e. The number of anilines is 1. The summed E-state index contributed by atoms with van der Waals surface area (Å²) in [6, 6.07) is 4.20. The maximum Gasteiger partial charge on any atom is 0.433 e. The van der Waals surface area contributed by atoms with E-state index in [9.17, 15) is 18.3 Å². The maximum absolute atomic E-state index is 13.2. The van der Waals surface area contributed by atoms with Crippen LogP contribution in [-0.2, 0) is 6.18 Å². The van der Waals surface area contributed by atoms with Crippen molar-refractivity contribution in [1.29, 1.82) is 0 Å². The monoisotopic (exact) mass is 324 g/mol. The first-order valence-electron chi connectivity index (χ1n) is 7.23. The van der Waals surface area contributed by atoms with Gasteiger partial charge in [0.05, 0.1) is 6.61 Å². The Morgan fingerprint density at radius 1 is 1.17 bits per heavy atom. The molecule has 23 heavy (non-hydrogen) atoms. The molecule has 0 unspecified atom stereocenters. The highest BCUT2D eigenvalue weighted by Crippen LogP contribution is 2.35. The molecule has 0 amide bonds. The van der Waals surface area contributed by atoms with Gasteiger partial charge in [0, 0.05) is 36.6 Å². The number of aromatic nitrogens is 3. The van der Waals surface area contributed by atoms with Crippen LogP contribution in [0.4, 0.5) is 19.0 Å². The molecular weight excluding hydrogens is 309 g/mol. The van der Waals surface area contributed by atoms with Gasteiger partial charge >= 0.3 is 6.18 Å². The average Bonchev–Trinajstić information content (AvgIpc) is 3.37. The summed E-state index contributed by atoms with van der Waals surface area (Å²) in [5.74, 6) is 0.191. The Kier molecular flexibility index (Phi) is 4.16. The van der Waals surface area contributed by atoms with Crippen LogP contribution in [0.15, 0.2) is 30.6 Å². The van der Waals surface area contributed by atoms with Crippen molar-refractivity contribution in [3.63, 3.8) is 0 Å². The third kappa shape index (κ3) is 3.58. The van der Waals surface area contributed by atoms with Gasteiger partial charge in [-0.3, -0.25) is 4.98 Å². The Bertz CT molecular complexity index is 674. The first kappa shape index (κ1) is 15.7. The molecule has 2 aromatic heterocycles. The predicted molar refractivity (Wildman–Crippen MR) is 77.7 cm³/mol. The fraction of sp³-hybridized carbons (Fsp3) is 0.400. The van der Waals surface area contributed by atoms with Crippen molar-refractivity contribution in [3.05, 3.63) is 36.3 Å². The van der Waals surface area contributed by atoms with E-state index in [1.807, 2.05) is 0 Å². The van der Waals surface area contributed by atoms with Gasteiger partial charge in [0.25, 0.3) is 0 Å². The molecule has 0 radical (unpaired) electrons. The van der Waals surface area contributed by atoms with Gasteiger partial charge in [-0.2, -0.15) is 13.2 Å². The van der Waals surface area contributed by atoms with Gasteiger partial charge in [0.1, 0.15) is 5.82 Å². The highest BCUT2D eigenvalue weighted by Gasteiger charge is 2.36. The van der Waals surface area contributed by atoms with Gasteiger partial charge in [-0.25, -0.2) is 9.97 Å². The molecule has 0 saturated heterocycles. The maximum atomic E-state index is 13.2. The van der Waals surface area contributed by atoms with Gasteiger partial charge in [-0.05, 0) is 25.0 Å². The first-order chi connectivity index (χ1) is 11.0. The van der Waals surface area contributed by atoms with Gasteiger partial charge in [-0.1, -0.05) is 0 Å². The first-order valence-corrected chi connectivity index (χ1v) is 7.23. The number of alkyl halides is 3. The number of halogens is 3. The molecule has 2 aromatic rings. The van der Waals surface area contributed by atoms with Gasteiger partial charge in [-0.15, -0.1) is 0 Å². The molecule has 0 aliphatic heterocycles. The molecule has 5 nitrogen and oxygen atoms in total. The van der Waals surface area contributed by atoms with Crippen molar-refractivity contribution < 1.29 is 18.3 Å². The van der Waals surface area contributed by atoms with Crippen molar-refractivity contribution in [2.75, 3.05) is 18.1 Å². The molecule has 8 heteroatoms. The lowest BCUT2D eigenvalue weighted by Crippen LogP contribution is -2.30. The largest absolute Gasteiger partial charge is 0.433 e. The predicted octanol–water partition coefficient (Wildman–Crippen LogP) is 2.52. The summed E-state index contributed by atoms with van der Waals surface area (Å²) in [5, 5.41) is 9.17. The third-order valence-corrected chi connectivity index (χ3v) is 3.56. The van der Waals surface area contributed by atoms with Crippen LogP contribution < -0.4 is 4.90 Å². The second-order valence-electron chi connectivity index (χ2n) is 5.32. The Labute approximate surface area is 130 Å². The minimum Gasteiger partial charge on any atom is -0.395 e. The number of aliphatic hydroxyl groups is 1. The lowest BCUT2D eigenvalue weighted by atomic mass is 10.2. The third-order valence-electron chi connectivity index (χ3n) is 3.56. The summed E-state index contributed by atoms with van der Waals surface area (Å²) in [5.41, 5.74) is -0.523. The molecule has 0 aromatic carbocycles. The number of hydrogen-bond donors (Lipinski definition) is 1. The molecule has 122 valence electrons. The Balaban J connectivity index is 2.08. The fourth-order valence-electron chi connectivity index (χ4n) is 2.33. The van der Waals surface area contributed by atoms with E-state index in [0.29, 0.717) is 5.56 Å². The van der Waals surface area contributed by atoms with E-state index in [2.05, 4.69) is 15.0 Å². The van der Waals surface area contributed by atoms with Crippen LogP contribution in [-0.4, -0.2) is 39.3 Å². The van der Waals surface area contributed by atoms with Gasteiger partial charge in [0.15, 0.2) is 11.5 Å². The van der Waals surface area contributed by atoms with Crippen LogP contribution in [0.25, 0.3) is 11.4 Å². The Morgan fingerprint density at radius 3 is 2.43 bits per heavy atom. The van der Waals surface area contributed by atoms with E-state index in [1.165, 1.54) is 12.4 Å². The normalized spacial score (nSPS) is 14.8. The zero-order valence-corrected chi connectivity index (χ0v) is 12.2. The highest BCUT2D eigenvalue weighted by molar-refractivity contribution is 5.58. The standard InChI is InChI=1S/C15H15F3N4O/c16-15(17,18)12-9-13(22(7-8-23)11-1-2-11)21-14(20-12)10-3-5-19-6-4-10/h3-6,9,11,23H,1-2,7-8H2. The van der Waals surface area contributed by atoms with Crippen LogP contribution >= 0.6 is 0 Å². The Morgan fingerprint density at radius 2 is 1.87 bits per heavy atom. The van der Waals surface area contributed by atoms with Crippen molar-refractivity contribution in [1.82, 2.24) is 15.0 Å². The van der Waals surface area contributed by atoms with Crippen molar-refractivity contribution >= 4 is 5.82 Å². The molecule has 1 saturated carbocycles. The summed E-state index contributed by atoms with van der Waals surface area (Å²) in [6.45, 7) is 0.0984. The average molecular weight is 324 g/mol. The molecule has 0 atom stereocenters. The minimum absolute atomic E-state index is 0.000754. The van der Waals surface area contributed by atoms with Gasteiger partial charge < -0.3 is 10.0 Å². The van der Waals surface area contributed by atoms with Crippen molar-refractivity contribution in [3.8, 4) is 11.4 Å². The molecule has 0 bridgehead atoms. The minimum atomic E-state index is -4.56. The van der Waals surface area contributed by atoms with Crippen molar-refractivity contribution in [2.45, 2.75) is 25.1 Å². The van der Waals surface area contributed by atoms with Crippen molar-refractivity contribution in [2.24, 2.45) is 0 Å². The summed E-state index contributed by atoms with van der Waals surface area (Å²) < 4.78 is 39.5. The fourth-order valence-corrected chi connectivity index (χ4v) is 2.33. The van der Waals surface area contributed by atoms with Crippen LogP contribution in [0.2, 0.25) is 0 Å². The molecule has 0 spiro atoms. The van der Waals surface area contributed by atoms with E-state index in [-0.39, 0.29) is 30.8 Å². The molecule has 1 aliphatic rings.